The number of carbonyl (C=O) groups excluding carboxylic acids is 2. The van der Waals surface area contributed by atoms with Crippen LogP contribution in [0.4, 0.5) is 11.4 Å². The second-order valence-electron chi connectivity index (χ2n) is 6.62. The van der Waals surface area contributed by atoms with Crippen molar-refractivity contribution in [3.05, 3.63) is 48.0 Å². The Bertz CT molecular complexity index is 831. The van der Waals surface area contributed by atoms with E-state index in [1.54, 1.807) is 6.92 Å². The van der Waals surface area contributed by atoms with E-state index in [4.69, 9.17) is 5.73 Å². The predicted octanol–water partition coefficient (Wildman–Crippen LogP) is 3.46. The number of anilines is 2. The fraction of sp³-hybridized carbons (Fsp3) is 0.300. The average Bonchev–Trinajstić information content (AvgIpc) is 2.54. The first-order chi connectivity index (χ1) is 11.9. The van der Waals surface area contributed by atoms with Gasteiger partial charge in [0.2, 0.25) is 11.8 Å². The number of amides is 2. The zero-order valence-corrected chi connectivity index (χ0v) is 14.7. The Morgan fingerprint density at radius 1 is 1.12 bits per heavy atom. The second kappa shape index (κ2) is 6.69. The molecule has 5 nitrogen and oxygen atoms in total. The highest BCUT2D eigenvalue weighted by Crippen LogP contribution is 2.38. The van der Waals surface area contributed by atoms with Gasteiger partial charge in [-0.2, -0.15) is 0 Å². The normalized spacial score (nSPS) is 19.3. The van der Waals surface area contributed by atoms with E-state index < -0.39 is 0 Å². The number of nitrogens with zero attached hydrogens (tertiary/aromatic N) is 1. The van der Waals surface area contributed by atoms with Gasteiger partial charge in [0.15, 0.2) is 0 Å². The first-order valence-electron chi connectivity index (χ1n) is 8.44. The van der Waals surface area contributed by atoms with Crippen molar-refractivity contribution >= 4 is 23.2 Å². The van der Waals surface area contributed by atoms with Gasteiger partial charge in [0, 0.05) is 37.3 Å². The molecule has 0 saturated carbocycles. The Morgan fingerprint density at radius 3 is 2.52 bits per heavy atom. The van der Waals surface area contributed by atoms with Gasteiger partial charge in [0.25, 0.3) is 0 Å². The molecule has 25 heavy (non-hydrogen) atoms. The van der Waals surface area contributed by atoms with E-state index in [-0.39, 0.29) is 23.9 Å². The molecule has 2 atom stereocenters. The Hall–Kier alpha value is -2.66. The summed E-state index contributed by atoms with van der Waals surface area (Å²) in [5, 5.41) is 2.80. The number of hydrogen-bond acceptors (Lipinski definition) is 3. The predicted molar refractivity (Wildman–Crippen MR) is 100 cm³/mol. The minimum Gasteiger partial charge on any atom is -0.326 e. The SMILES string of the molecule is CC(=O)Nc1cccc(-c2ccc3c(c2)[C@H](N)C[C@H](C)N3C(C)=O)c1. The van der Waals surface area contributed by atoms with Crippen LogP contribution < -0.4 is 16.0 Å². The van der Waals surface area contributed by atoms with Crippen molar-refractivity contribution < 1.29 is 9.59 Å². The van der Waals surface area contributed by atoms with Crippen LogP contribution >= 0.6 is 0 Å². The highest BCUT2D eigenvalue weighted by molar-refractivity contribution is 5.94. The third kappa shape index (κ3) is 3.42. The molecule has 1 aliphatic heterocycles. The van der Waals surface area contributed by atoms with Crippen molar-refractivity contribution in [1.82, 2.24) is 0 Å². The van der Waals surface area contributed by atoms with E-state index in [2.05, 4.69) is 11.4 Å². The maximum atomic E-state index is 12.0. The monoisotopic (exact) mass is 337 g/mol. The highest BCUT2D eigenvalue weighted by atomic mass is 16.2. The molecule has 2 aromatic carbocycles. The molecule has 0 bridgehead atoms. The number of fused-ring (bicyclic) bond motifs is 1. The van der Waals surface area contributed by atoms with Crippen LogP contribution in [-0.4, -0.2) is 17.9 Å². The lowest BCUT2D eigenvalue weighted by Gasteiger charge is -2.38. The lowest BCUT2D eigenvalue weighted by molar-refractivity contribution is -0.117. The summed E-state index contributed by atoms with van der Waals surface area (Å²) >= 11 is 0. The van der Waals surface area contributed by atoms with Gasteiger partial charge in [0.1, 0.15) is 0 Å². The maximum absolute atomic E-state index is 12.0. The van der Waals surface area contributed by atoms with Gasteiger partial charge in [-0.05, 0) is 54.3 Å². The highest BCUT2D eigenvalue weighted by Gasteiger charge is 2.30. The summed E-state index contributed by atoms with van der Waals surface area (Å²) < 4.78 is 0. The summed E-state index contributed by atoms with van der Waals surface area (Å²) in [4.78, 5) is 25.1. The lowest BCUT2D eigenvalue weighted by atomic mass is 9.89. The van der Waals surface area contributed by atoms with Crippen LogP contribution in [0.15, 0.2) is 42.5 Å². The Kier molecular flexibility index (Phi) is 4.59. The minimum atomic E-state index is -0.101. The van der Waals surface area contributed by atoms with Gasteiger partial charge in [-0.25, -0.2) is 0 Å². The van der Waals surface area contributed by atoms with Crippen molar-refractivity contribution in [1.29, 1.82) is 0 Å². The first-order valence-corrected chi connectivity index (χ1v) is 8.44. The number of carbonyl (C=O) groups is 2. The molecule has 130 valence electrons. The summed E-state index contributed by atoms with van der Waals surface area (Å²) in [6, 6.07) is 13.7. The fourth-order valence-electron chi connectivity index (χ4n) is 3.55. The van der Waals surface area contributed by atoms with Gasteiger partial charge < -0.3 is 16.0 Å². The van der Waals surface area contributed by atoms with E-state index in [1.807, 2.05) is 48.2 Å². The largest absolute Gasteiger partial charge is 0.326 e. The molecule has 2 aromatic rings. The van der Waals surface area contributed by atoms with Crippen LogP contribution in [0, 0.1) is 0 Å². The van der Waals surface area contributed by atoms with Crippen LogP contribution in [-0.2, 0) is 9.59 Å². The van der Waals surface area contributed by atoms with Crippen LogP contribution in [0.2, 0.25) is 0 Å². The standard InChI is InChI=1S/C20H23N3O2/c1-12-9-19(21)18-11-16(7-8-20(18)23(12)14(3)25)15-5-4-6-17(10-15)22-13(2)24/h4-8,10-12,19H,9,21H2,1-3H3,(H,22,24)/t12-,19+/m0/s1. The molecule has 0 radical (unpaired) electrons. The molecule has 0 aromatic heterocycles. The zero-order chi connectivity index (χ0) is 18.1. The van der Waals surface area contributed by atoms with Crippen LogP contribution in [0.25, 0.3) is 11.1 Å². The smallest absolute Gasteiger partial charge is 0.224 e. The summed E-state index contributed by atoms with van der Waals surface area (Å²) in [6.45, 7) is 5.10. The molecule has 0 unspecified atom stereocenters. The molecule has 0 aliphatic carbocycles. The van der Waals surface area contributed by atoms with Crippen LogP contribution in [0.1, 0.15) is 38.8 Å². The lowest BCUT2D eigenvalue weighted by Crippen LogP contribution is -2.43. The number of rotatable bonds is 2. The molecule has 0 saturated heterocycles. The number of nitrogens with two attached hydrogens (primary N) is 1. The quantitative estimate of drug-likeness (QED) is 0.881. The molecule has 2 amide bonds. The molecule has 5 heteroatoms. The van der Waals surface area contributed by atoms with Crippen molar-refractivity contribution in [3.63, 3.8) is 0 Å². The number of nitrogens with one attached hydrogen (secondary N) is 1. The zero-order valence-electron chi connectivity index (χ0n) is 14.7. The molecule has 0 fully saturated rings. The van der Waals surface area contributed by atoms with Crippen molar-refractivity contribution in [3.8, 4) is 11.1 Å². The topological polar surface area (TPSA) is 75.4 Å². The van der Waals surface area contributed by atoms with Crippen LogP contribution in [0.3, 0.4) is 0 Å². The first kappa shape index (κ1) is 17.2. The minimum absolute atomic E-state index is 0.0288. The van der Waals surface area contributed by atoms with Gasteiger partial charge in [-0.1, -0.05) is 18.2 Å². The number of hydrogen-bond donors (Lipinski definition) is 2. The van der Waals surface area contributed by atoms with E-state index in [1.165, 1.54) is 6.92 Å². The van der Waals surface area contributed by atoms with Gasteiger partial charge in [0.05, 0.1) is 0 Å². The van der Waals surface area contributed by atoms with E-state index in [0.29, 0.717) is 0 Å². The summed E-state index contributed by atoms with van der Waals surface area (Å²) in [6.07, 6.45) is 0.738. The van der Waals surface area contributed by atoms with E-state index in [0.717, 1.165) is 34.5 Å². The van der Waals surface area contributed by atoms with Gasteiger partial charge >= 0.3 is 0 Å². The Balaban J connectivity index is 2.02. The summed E-state index contributed by atoms with van der Waals surface area (Å²) in [7, 11) is 0. The summed E-state index contributed by atoms with van der Waals surface area (Å²) in [5.41, 5.74) is 11.0. The van der Waals surface area contributed by atoms with E-state index in [9.17, 15) is 9.59 Å². The van der Waals surface area contributed by atoms with Gasteiger partial charge in [-0.15, -0.1) is 0 Å². The molecular weight excluding hydrogens is 314 g/mol. The molecular formula is C20H23N3O2. The van der Waals surface area contributed by atoms with Gasteiger partial charge in [-0.3, -0.25) is 9.59 Å². The Morgan fingerprint density at radius 2 is 1.84 bits per heavy atom. The average molecular weight is 337 g/mol. The molecule has 1 heterocycles. The summed E-state index contributed by atoms with van der Waals surface area (Å²) in [5.74, 6) is -0.0724. The second-order valence-corrected chi connectivity index (χ2v) is 6.62. The van der Waals surface area contributed by atoms with E-state index >= 15 is 0 Å². The third-order valence-corrected chi connectivity index (χ3v) is 4.58. The van der Waals surface area contributed by atoms with Crippen molar-refractivity contribution in [2.24, 2.45) is 5.73 Å². The fourth-order valence-corrected chi connectivity index (χ4v) is 3.55. The van der Waals surface area contributed by atoms with Crippen molar-refractivity contribution in [2.75, 3.05) is 10.2 Å². The van der Waals surface area contributed by atoms with Crippen molar-refractivity contribution in [2.45, 2.75) is 39.3 Å². The molecule has 3 N–H and O–H groups in total. The third-order valence-electron chi connectivity index (χ3n) is 4.58. The Labute approximate surface area is 147 Å². The number of benzene rings is 2. The van der Waals surface area contributed by atoms with Crippen LogP contribution in [0.5, 0.6) is 0 Å². The molecule has 3 rings (SSSR count). The molecule has 1 aliphatic rings. The maximum Gasteiger partial charge on any atom is 0.224 e. The molecule has 0 spiro atoms.